The van der Waals surface area contributed by atoms with E-state index in [9.17, 15) is 8.42 Å². The second-order valence-electron chi connectivity index (χ2n) is 3.06. The molecule has 0 aliphatic carbocycles. The highest BCUT2D eigenvalue weighted by Gasteiger charge is 2.10. The summed E-state index contributed by atoms with van der Waals surface area (Å²) in [6.07, 6.45) is 9.49. The normalized spacial score (nSPS) is 13.3. The van der Waals surface area contributed by atoms with Crippen LogP contribution in [0.4, 0.5) is 0 Å². The molecule has 0 radical (unpaired) electrons. The summed E-state index contributed by atoms with van der Waals surface area (Å²) in [6, 6.07) is 0. The van der Waals surface area contributed by atoms with Crippen molar-refractivity contribution < 1.29 is 8.42 Å². The lowest BCUT2D eigenvalue weighted by molar-refractivity contribution is 0.595. The van der Waals surface area contributed by atoms with Crippen molar-refractivity contribution >= 4 is 10.0 Å². The summed E-state index contributed by atoms with van der Waals surface area (Å²) in [4.78, 5) is 0.246. The highest BCUT2D eigenvalue weighted by molar-refractivity contribution is 7.93. The lowest BCUT2D eigenvalue weighted by Crippen LogP contribution is -2.19. The Kier molecular flexibility index (Phi) is 6.99. The summed E-state index contributed by atoms with van der Waals surface area (Å²) >= 11 is 0. The van der Waals surface area contributed by atoms with Gasteiger partial charge in [-0.1, -0.05) is 38.5 Å². The number of hydrogen-bond donors (Lipinski definition) is 1. The monoisotopic (exact) mass is 229 g/mol. The molecule has 1 N–H and O–H groups in total. The molecule has 0 fully saturated rings. The van der Waals surface area contributed by atoms with Gasteiger partial charge in [0.25, 0.3) is 0 Å². The summed E-state index contributed by atoms with van der Waals surface area (Å²) in [5, 5.41) is 0. The van der Waals surface area contributed by atoms with Gasteiger partial charge in [0.05, 0.1) is 4.91 Å². The third-order valence-electron chi connectivity index (χ3n) is 1.87. The van der Waals surface area contributed by atoms with Crippen molar-refractivity contribution in [3.05, 3.63) is 35.8 Å². The molecule has 0 saturated heterocycles. The van der Waals surface area contributed by atoms with Crippen LogP contribution in [0, 0.1) is 0 Å². The van der Waals surface area contributed by atoms with Crippen LogP contribution in [0.3, 0.4) is 0 Å². The molecule has 0 aliphatic heterocycles. The van der Waals surface area contributed by atoms with Gasteiger partial charge in [-0.3, -0.25) is 0 Å². The molecular weight excluding hydrogens is 210 g/mol. The highest BCUT2D eigenvalue weighted by atomic mass is 32.2. The Morgan fingerprint density at radius 2 is 2.13 bits per heavy atom. The van der Waals surface area contributed by atoms with Gasteiger partial charge in [-0.25, -0.2) is 13.1 Å². The average molecular weight is 229 g/mol. The van der Waals surface area contributed by atoms with Crippen LogP contribution in [-0.2, 0) is 10.0 Å². The molecule has 0 rings (SSSR count). The Bertz CT molecular complexity index is 340. The zero-order chi connectivity index (χ0) is 11.7. The van der Waals surface area contributed by atoms with E-state index in [1.165, 1.54) is 19.2 Å². The van der Waals surface area contributed by atoms with E-state index in [1.54, 1.807) is 6.08 Å². The zero-order valence-electron chi connectivity index (χ0n) is 9.36. The molecule has 0 aromatic rings. The topological polar surface area (TPSA) is 46.2 Å². The first-order chi connectivity index (χ1) is 7.08. The van der Waals surface area contributed by atoms with Gasteiger partial charge in [-0.15, -0.1) is 0 Å². The molecule has 0 atom stereocenters. The van der Waals surface area contributed by atoms with Gasteiger partial charge in [-0.2, -0.15) is 0 Å². The van der Waals surface area contributed by atoms with E-state index in [0.717, 1.165) is 19.3 Å². The first kappa shape index (κ1) is 14.1. The van der Waals surface area contributed by atoms with Crippen LogP contribution >= 0.6 is 0 Å². The smallest absolute Gasteiger partial charge is 0.214 e. The number of allylic oxidation sites excluding steroid dienone is 4. The number of nitrogens with one attached hydrogen (secondary N) is 1. The van der Waals surface area contributed by atoms with Crippen LogP contribution in [0.15, 0.2) is 35.8 Å². The molecule has 0 aromatic carbocycles. The third-order valence-corrected chi connectivity index (χ3v) is 3.30. The maximum atomic E-state index is 11.5. The van der Waals surface area contributed by atoms with Gasteiger partial charge >= 0.3 is 0 Å². The van der Waals surface area contributed by atoms with Gasteiger partial charge in [-0.05, 0) is 25.6 Å². The number of unbranched alkanes of at least 4 members (excludes halogenated alkanes) is 2. The summed E-state index contributed by atoms with van der Waals surface area (Å²) in [6.45, 7) is 5.59. The molecule has 3 nitrogen and oxygen atoms in total. The van der Waals surface area contributed by atoms with E-state index in [2.05, 4.69) is 18.2 Å². The average Bonchev–Trinajstić information content (AvgIpc) is 2.22. The minimum absolute atomic E-state index is 0.246. The van der Waals surface area contributed by atoms with E-state index < -0.39 is 10.0 Å². The van der Waals surface area contributed by atoms with Crippen molar-refractivity contribution in [2.24, 2.45) is 0 Å². The fraction of sp³-hybridized carbons (Fsp3) is 0.455. The van der Waals surface area contributed by atoms with Crippen molar-refractivity contribution in [3.8, 4) is 0 Å². The molecule has 0 aliphatic rings. The summed E-state index contributed by atoms with van der Waals surface area (Å²) < 4.78 is 25.2. The quantitative estimate of drug-likeness (QED) is 0.538. The maximum Gasteiger partial charge on any atom is 0.240 e. The minimum atomic E-state index is -3.36. The van der Waals surface area contributed by atoms with Gasteiger partial charge in [0.15, 0.2) is 0 Å². The highest BCUT2D eigenvalue weighted by Crippen LogP contribution is 2.07. The second-order valence-corrected chi connectivity index (χ2v) is 4.94. The van der Waals surface area contributed by atoms with Gasteiger partial charge in [0.1, 0.15) is 0 Å². The predicted octanol–water partition coefficient (Wildman–Crippen LogP) is 2.35. The first-order valence-electron chi connectivity index (χ1n) is 5.01. The zero-order valence-corrected chi connectivity index (χ0v) is 10.2. The molecule has 0 heterocycles. The van der Waals surface area contributed by atoms with Crippen molar-refractivity contribution in [1.82, 2.24) is 4.72 Å². The fourth-order valence-corrected chi connectivity index (χ4v) is 1.78. The largest absolute Gasteiger partial charge is 0.240 e. The molecule has 4 heteroatoms. The fourth-order valence-electron chi connectivity index (χ4n) is 0.990. The molecular formula is C11H19NO2S. The van der Waals surface area contributed by atoms with Crippen LogP contribution in [0.25, 0.3) is 0 Å². The lowest BCUT2D eigenvalue weighted by Gasteiger charge is -2.01. The number of hydrogen-bond acceptors (Lipinski definition) is 2. The van der Waals surface area contributed by atoms with E-state index in [0.29, 0.717) is 0 Å². The first-order valence-corrected chi connectivity index (χ1v) is 6.49. The Morgan fingerprint density at radius 3 is 2.60 bits per heavy atom. The van der Waals surface area contributed by atoms with Crippen LogP contribution in [0.5, 0.6) is 0 Å². The van der Waals surface area contributed by atoms with Crippen LogP contribution in [-0.4, -0.2) is 15.5 Å². The molecule has 86 valence electrons. The Morgan fingerprint density at radius 1 is 1.47 bits per heavy atom. The molecule has 0 spiro atoms. The number of sulfonamides is 1. The summed E-state index contributed by atoms with van der Waals surface area (Å²) in [5.74, 6) is 0. The van der Waals surface area contributed by atoms with Crippen molar-refractivity contribution in [1.29, 1.82) is 0 Å². The Balaban J connectivity index is 4.65. The standard InChI is InChI=1S/C11H19NO2S/c1-4-6-7-8-10-11(9-5-2)15(13,14)12-3/h5,8-10,12H,2,4,6-7H2,1,3H3/b10-8-,11-9+. The molecule has 0 bridgehead atoms. The predicted molar refractivity (Wildman–Crippen MR) is 64.9 cm³/mol. The number of rotatable bonds is 7. The second kappa shape index (κ2) is 7.43. The van der Waals surface area contributed by atoms with E-state index in [1.807, 2.05) is 6.08 Å². The summed E-state index contributed by atoms with van der Waals surface area (Å²) in [7, 11) is -1.96. The minimum Gasteiger partial charge on any atom is -0.214 e. The maximum absolute atomic E-state index is 11.5. The molecule has 15 heavy (non-hydrogen) atoms. The van der Waals surface area contributed by atoms with E-state index in [-0.39, 0.29) is 4.91 Å². The Hall–Kier alpha value is -0.870. The molecule has 0 amide bonds. The van der Waals surface area contributed by atoms with Crippen LogP contribution < -0.4 is 4.72 Å². The summed E-state index contributed by atoms with van der Waals surface area (Å²) in [5.41, 5.74) is 0. The van der Waals surface area contributed by atoms with Crippen molar-refractivity contribution in [3.63, 3.8) is 0 Å². The van der Waals surface area contributed by atoms with E-state index >= 15 is 0 Å². The van der Waals surface area contributed by atoms with E-state index in [4.69, 9.17) is 0 Å². The molecule has 0 aromatic heterocycles. The lowest BCUT2D eigenvalue weighted by atomic mass is 10.2. The Labute approximate surface area is 92.6 Å². The van der Waals surface area contributed by atoms with Gasteiger partial charge in [0.2, 0.25) is 10.0 Å². The molecule has 0 saturated carbocycles. The molecule has 0 unspecified atom stereocenters. The third kappa shape index (κ3) is 5.54. The SMILES string of the molecule is C=C/C=C(\C=C/CCCC)S(=O)(=O)NC. The van der Waals surface area contributed by atoms with Crippen molar-refractivity contribution in [2.75, 3.05) is 7.05 Å². The van der Waals surface area contributed by atoms with Crippen LogP contribution in [0.1, 0.15) is 26.2 Å². The van der Waals surface area contributed by atoms with Crippen LogP contribution in [0.2, 0.25) is 0 Å². The van der Waals surface area contributed by atoms with Crippen molar-refractivity contribution in [2.45, 2.75) is 26.2 Å². The van der Waals surface area contributed by atoms with Gasteiger partial charge < -0.3 is 0 Å². The van der Waals surface area contributed by atoms with Gasteiger partial charge in [0, 0.05) is 0 Å².